The molecule has 0 aliphatic heterocycles. The van der Waals surface area contributed by atoms with Crippen LogP contribution in [0.2, 0.25) is 0 Å². The Bertz CT molecular complexity index is 128. The number of hydrogen-bond acceptors (Lipinski definition) is 3. The summed E-state index contributed by atoms with van der Waals surface area (Å²) in [7, 11) is 0. The first-order valence-electron chi connectivity index (χ1n) is 2.91. The fourth-order valence-corrected chi connectivity index (χ4v) is 0.770. The minimum Gasteiger partial charge on any atom is -0.480 e. The van der Waals surface area contributed by atoms with Gasteiger partial charge in [-0.15, -0.1) is 0 Å². The van der Waals surface area contributed by atoms with Crippen molar-refractivity contribution in [3.63, 3.8) is 0 Å². The van der Waals surface area contributed by atoms with Crippen molar-refractivity contribution in [3.8, 4) is 0 Å². The number of carbonyl (C=O) groups is 1. The summed E-state index contributed by atoms with van der Waals surface area (Å²) in [5.74, 6) is -0.572. The largest absolute Gasteiger partial charge is 0.480 e. The van der Waals surface area contributed by atoms with Crippen molar-refractivity contribution in [2.24, 2.45) is 5.73 Å². The summed E-state index contributed by atoms with van der Waals surface area (Å²) >= 11 is 0.457. The van der Waals surface area contributed by atoms with E-state index in [1.807, 2.05) is 0 Å². The molecule has 0 rings (SSSR count). The van der Waals surface area contributed by atoms with Crippen LogP contribution in [0.15, 0.2) is 0 Å². The highest BCUT2D eigenvalue weighted by atomic mass is 32.1. The van der Waals surface area contributed by atoms with Crippen LogP contribution in [-0.2, 0) is 20.7 Å². The molecule has 0 amide bonds. The molecule has 0 saturated carbocycles. The molecular weight excluding hydrogens is 154 g/mol. The minimum absolute atomic E-state index is 0.380. The van der Waals surface area contributed by atoms with E-state index < -0.39 is 12.0 Å². The van der Waals surface area contributed by atoms with Gasteiger partial charge in [0.1, 0.15) is 6.04 Å². The maximum atomic E-state index is 10.1. The molecule has 0 aromatic carbocycles. The van der Waals surface area contributed by atoms with Crippen molar-refractivity contribution in [2.75, 3.05) is 5.75 Å². The highest BCUT2D eigenvalue weighted by Gasteiger charge is 2.11. The lowest BCUT2D eigenvalue weighted by atomic mass is 10.2. The number of aliphatic carboxylic acids is 1. The lowest BCUT2D eigenvalue weighted by molar-refractivity contribution is -0.138. The minimum atomic E-state index is -1.00. The molecule has 1 atom stereocenters. The molecule has 0 saturated heterocycles. The zero-order valence-corrected chi connectivity index (χ0v) is 6.26. The van der Waals surface area contributed by atoms with E-state index in [1.165, 1.54) is 0 Å². The number of rotatable bonds is 5. The first-order valence-corrected chi connectivity index (χ1v) is 3.82. The van der Waals surface area contributed by atoms with Crippen molar-refractivity contribution >= 4 is 17.6 Å². The Morgan fingerprint density at radius 1 is 1.70 bits per heavy atom. The molecule has 0 aromatic rings. The molecule has 10 heavy (non-hydrogen) atoms. The molecule has 0 fully saturated rings. The van der Waals surface area contributed by atoms with E-state index in [9.17, 15) is 9.00 Å². The smallest absolute Gasteiger partial charge is 0.458 e. The average Bonchev–Trinajstić information content (AvgIpc) is 1.88. The van der Waals surface area contributed by atoms with Crippen LogP contribution in [0.25, 0.3) is 0 Å². The first kappa shape index (κ1) is 9.45. The van der Waals surface area contributed by atoms with E-state index in [0.29, 0.717) is 30.3 Å². The van der Waals surface area contributed by atoms with E-state index in [-0.39, 0.29) is 0 Å². The predicted octanol–water partition coefficient (Wildman–Crippen LogP) is -0.393. The zero-order chi connectivity index (χ0) is 7.98. The Morgan fingerprint density at radius 3 is 2.70 bits per heavy atom. The van der Waals surface area contributed by atoms with Crippen LogP contribution in [0, 0.1) is 0 Å². The second kappa shape index (κ2) is 5.25. The molecule has 3 N–H and O–H groups in total. The summed E-state index contributed by atoms with van der Waals surface area (Å²) in [4.78, 5) is 10.1. The highest BCUT2D eigenvalue weighted by molar-refractivity contribution is 7.65. The molecule has 0 aliphatic rings. The molecule has 58 valence electrons. The van der Waals surface area contributed by atoms with Crippen molar-refractivity contribution in [1.82, 2.24) is 0 Å². The van der Waals surface area contributed by atoms with Crippen LogP contribution in [0.3, 0.4) is 0 Å². The van der Waals surface area contributed by atoms with Gasteiger partial charge in [0.05, 0.1) is 0 Å². The lowest BCUT2D eigenvalue weighted by Gasteiger charge is -2.00. The van der Waals surface area contributed by atoms with Gasteiger partial charge in [0.15, 0.2) is 0 Å². The topological polar surface area (TPSA) is 80.4 Å². The fourth-order valence-electron chi connectivity index (χ4n) is 0.486. The first-order chi connectivity index (χ1) is 4.68. The van der Waals surface area contributed by atoms with Gasteiger partial charge in [0.2, 0.25) is 5.75 Å². The number of carboxylic acid groups (broad SMARTS) is 1. The Kier molecular flexibility index (Phi) is 4.96. The molecule has 0 bridgehead atoms. The molecule has 0 aromatic heterocycles. The molecule has 1 unspecified atom stereocenters. The Hall–Kier alpha value is -0.550. The van der Waals surface area contributed by atoms with E-state index in [4.69, 9.17) is 10.8 Å². The van der Waals surface area contributed by atoms with E-state index in [0.717, 1.165) is 0 Å². The summed E-state index contributed by atoms with van der Waals surface area (Å²) in [5.41, 5.74) is 5.15. The van der Waals surface area contributed by atoms with Crippen LogP contribution in [0.1, 0.15) is 12.8 Å². The van der Waals surface area contributed by atoms with Crippen molar-refractivity contribution in [1.29, 1.82) is 0 Å². The van der Waals surface area contributed by atoms with Crippen LogP contribution < -0.4 is 5.73 Å². The summed E-state index contributed by atoms with van der Waals surface area (Å²) in [6, 6.07) is -0.813. The molecule has 0 spiro atoms. The van der Waals surface area contributed by atoms with Crippen LogP contribution in [0.5, 0.6) is 0 Å². The van der Waals surface area contributed by atoms with Gasteiger partial charge >= 0.3 is 17.6 Å². The van der Waals surface area contributed by atoms with Crippen molar-refractivity contribution in [3.05, 3.63) is 0 Å². The highest BCUT2D eigenvalue weighted by Crippen LogP contribution is 1.93. The van der Waals surface area contributed by atoms with Crippen LogP contribution in [0.4, 0.5) is 0 Å². The normalized spacial score (nSPS) is 12.5. The third-order valence-corrected chi connectivity index (χ3v) is 1.52. The van der Waals surface area contributed by atoms with Gasteiger partial charge in [-0.25, -0.2) is 0 Å². The number of carboxylic acids is 1. The second-order valence-electron chi connectivity index (χ2n) is 1.91. The molecule has 0 aliphatic carbocycles. The third-order valence-electron chi connectivity index (χ3n) is 1.06. The SMILES string of the molecule is NC(CCC[S+]=O)C(=O)O. The predicted molar refractivity (Wildman–Crippen MR) is 37.8 cm³/mol. The van der Waals surface area contributed by atoms with Crippen LogP contribution >= 0.6 is 0 Å². The molecule has 4 nitrogen and oxygen atoms in total. The fraction of sp³-hybridized carbons (Fsp3) is 0.800. The summed E-state index contributed by atoms with van der Waals surface area (Å²) in [6.45, 7) is 0. The van der Waals surface area contributed by atoms with E-state index in [1.54, 1.807) is 0 Å². The Morgan fingerprint density at radius 2 is 2.30 bits per heavy atom. The van der Waals surface area contributed by atoms with Crippen LogP contribution in [-0.4, -0.2) is 22.9 Å². The van der Waals surface area contributed by atoms with Gasteiger partial charge < -0.3 is 10.8 Å². The average molecular weight is 164 g/mol. The monoisotopic (exact) mass is 164 g/mol. The van der Waals surface area contributed by atoms with Crippen molar-refractivity contribution < 1.29 is 14.1 Å². The maximum Gasteiger partial charge on any atom is 0.458 e. The summed E-state index contributed by atoms with van der Waals surface area (Å²) < 4.78 is 9.81. The van der Waals surface area contributed by atoms with E-state index in [2.05, 4.69) is 0 Å². The Balaban J connectivity index is 3.30. The van der Waals surface area contributed by atoms with Gasteiger partial charge in [0, 0.05) is 10.6 Å². The van der Waals surface area contributed by atoms with Gasteiger partial charge in [0.25, 0.3) is 0 Å². The second-order valence-corrected chi connectivity index (χ2v) is 2.55. The van der Waals surface area contributed by atoms with Gasteiger partial charge in [-0.3, -0.25) is 4.79 Å². The quantitative estimate of drug-likeness (QED) is 0.428. The molecular formula is C5H10NO3S+. The Labute approximate surface area is 62.9 Å². The molecule has 0 heterocycles. The summed E-state index contributed by atoms with van der Waals surface area (Å²) in [6.07, 6.45) is 0.951. The molecule has 0 radical (unpaired) electrons. The lowest BCUT2D eigenvalue weighted by Crippen LogP contribution is -2.29. The number of hydrogen-bond donors (Lipinski definition) is 2. The standard InChI is InChI=1S/C5H9NO3S/c6-4(5(7)8)2-1-3-10-9/h4H,1-3,6H2/p+1. The van der Waals surface area contributed by atoms with Crippen molar-refractivity contribution in [2.45, 2.75) is 18.9 Å². The molecule has 5 heteroatoms. The van der Waals surface area contributed by atoms with Gasteiger partial charge in [-0.2, -0.15) is 0 Å². The zero-order valence-electron chi connectivity index (χ0n) is 5.45. The number of nitrogens with two attached hydrogens (primary N) is 1. The van der Waals surface area contributed by atoms with Gasteiger partial charge in [-0.1, -0.05) is 0 Å². The van der Waals surface area contributed by atoms with E-state index >= 15 is 0 Å². The summed E-state index contributed by atoms with van der Waals surface area (Å²) in [5, 5.41) is 8.27. The maximum absolute atomic E-state index is 10.1. The van der Waals surface area contributed by atoms with Gasteiger partial charge in [-0.05, 0) is 6.42 Å². The third kappa shape index (κ3) is 4.34.